The molecule has 1 unspecified atom stereocenters. The first kappa shape index (κ1) is 40.2. The number of nitrogens with one attached hydrogen (secondary N) is 2. The number of carbonyl (C=O) groups excluding carboxylic acids is 3. The topological polar surface area (TPSA) is 127 Å². The van der Waals surface area contributed by atoms with Crippen LogP contribution in [0.1, 0.15) is 75.2 Å². The van der Waals surface area contributed by atoms with Crippen LogP contribution in [0.2, 0.25) is 10.0 Å². The maximum atomic E-state index is 13.9. The molecule has 1 aliphatic carbocycles. The number of methoxy groups -OCH3 is 1. The van der Waals surface area contributed by atoms with E-state index in [4.69, 9.17) is 46.9 Å². The van der Waals surface area contributed by atoms with Crippen LogP contribution in [0.4, 0.5) is 8.78 Å². The van der Waals surface area contributed by atoms with E-state index in [1.54, 1.807) is 24.3 Å². The van der Waals surface area contributed by atoms with Crippen LogP contribution in [0.25, 0.3) is 0 Å². The van der Waals surface area contributed by atoms with Gasteiger partial charge in [-0.1, -0.05) is 47.5 Å². The van der Waals surface area contributed by atoms with Crippen molar-refractivity contribution in [3.63, 3.8) is 0 Å². The predicted octanol–water partition coefficient (Wildman–Crippen LogP) is 7.46. The van der Waals surface area contributed by atoms with Gasteiger partial charge in [-0.3, -0.25) is 9.69 Å². The molecular weight excluding hydrogens is 783 g/mol. The van der Waals surface area contributed by atoms with Gasteiger partial charge in [-0.25, -0.2) is 14.6 Å². The van der Waals surface area contributed by atoms with Gasteiger partial charge in [0.2, 0.25) is 0 Å². The van der Waals surface area contributed by atoms with E-state index in [1.807, 2.05) is 0 Å². The number of esters is 2. The van der Waals surface area contributed by atoms with Crippen LogP contribution in [-0.2, 0) is 20.7 Å². The lowest BCUT2D eigenvalue weighted by atomic mass is 9.86. The van der Waals surface area contributed by atoms with E-state index in [1.165, 1.54) is 62.0 Å². The van der Waals surface area contributed by atoms with Gasteiger partial charge in [0.05, 0.1) is 19.3 Å². The third-order valence-corrected chi connectivity index (χ3v) is 11.2. The highest BCUT2D eigenvalue weighted by Crippen LogP contribution is 2.38. The van der Waals surface area contributed by atoms with Crippen molar-refractivity contribution in [2.24, 2.45) is 11.8 Å². The van der Waals surface area contributed by atoms with Gasteiger partial charge < -0.3 is 29.0 Å². The Morgan fingerprint density at radius 2 is 1.60 bits per heavy atom. The third kappa shape index (κ3) is 10.1. The quantitative estimate of drug-likeness (QED) is 0.115. The van der Waals surface area contributed by atoms with Crippen molar-refractivity contribution in [2.45, 2.75) is 57.0 Å². The van der Waals surface area contributed by atoms with Crippen molar-refractivity contribution in [3.8, 4) is 17.2 Å². The summed E-state index contributed by atoms with van der Waals surface area (Å²) in [7, 11) is 1.53. The predicted molar refractivity (Wildman–Crippen MR) is 205 cm³/mol. The monoisotopic (exact) mass is 824 g/mol. The molecule has 8 rings (SSSR count). The molecule has 2 N–H and O–H groups in total. The summed E-state index contributed by atoms with van der Waals surface area (Å²) in [4.78, 5) is 46.7. The molecule has 4 aromatic rings. The lowest BCUT2D eigenvalue weighted by Gasteiger charge is -2.44. The molecular formula is C42H42Cl2F2N3O8+. The highest BCUT2D eigenvalue weighted by atomic mass is 35.5. The smallest absolute Gasteiger partial charge is 0.387 e. The Morgan fingerprint density at radius 1 is 0.895 bits per heavy atom. The molecule has 3 atom stereocenters. The molecule has 3 saturated heterocycles. The second-order valence-electron chi connectivity index (χ2n) is 14.4. The average molecular weight is 826 g/mol. The van der Waals surface area contributed by atoms with Crippen LogP contribution in [-0.4, -0.2) is 68.8 Å². The molecule has 300 valence electrons. The molecule has 0 radical (unpaired) electrons. The largest absolute Gasteiger partial charge is 0.497 e. The second-order valence-corrected chi connectivity index (χ2v) is 15.3. The molecule has 2 bridgehead atoms. The van der Waals surface area contributed by atoms with Gasteiger partial charge >= 0.3 is 18.6 Å². The minimum Gasteiger partial charge on any atom is -0.497 e. The van der Waals surface area contributed by atoms with Crippen molar-refractivity contribution in [1.29, 1.82) is 0 Å². The van der Waals surface area contributed by atoms with Crippen molar-refractivity contribution >= 4 is 41.0 Å². The number of halogens is 4. The van der Waals surface area contributed by atoms with Gasteiger partial charge in [0.25, 0.3) is 5.91 Å². The van der Waals surface area contributed by atoms with Crippen molar-refractivity contribution < 1.29 is 51.8 Å². The van der Waals surface area contributed by atoms with Gasteiger partial charge in [0.15, 0.2) is 29.9 Å². The molecule has 0 spiro atoms. The number of aromatic nitrogens is 1. The van der Waals surface area contributed by atoms with Crippen LogP contribution in [0.5, 0.6) is 17.2 Å². The van der Waals surface area contributed by atoms with Crippen LogP contribution in [0, 0.1) is 11.8 Å². The maximum absolute atomic E-state index is 13.9. The fraction of sp³-hybridized carbons (Fsp3) is 0.381. The van der Waals surface area contributed by atoms with Crippen molar-refractivity contribution in [3.05, 3.63) is 117 Å². The molecule has 4 fully saturated rings. The minimum absolute atomic E-state index is 0.000638. The van der Waals surface area contributed by atoms with Crippen molar-refractivity contribution in [2.75, 3.05) is 33.4 Å². The molecule has 57 heavy (non-hydrogen) atoms. The number of pyridine rings is 1. The third-order valence-electron chi connectivity index (χ3n) is 10.5. The molecule has 1 amide bonds. The first-order valence-electron chi connectivity index (χ1n) is 18.8. The number of piperidine rings is 3. The number of rotatable bonds is 16. The Morgan fingerprint density at radius 3 is 2.25 bits per heavy atom. The first-order valence-corrected chi connectivity index (χ1v) is 19.5. The number of benzene rings is 3. The number of hydrogen-bond acceptors (Lipinski definition) is 9. The maximum Gasteiger partial charge on any atom is 0.387 e. The normalized spacial score (nSPS) is 19.6. The van der Waals surface area contributed by atoms with E-state index in [0.717, 1.165) is 38.8 Å². The zero-order valence-corrected chi connectivity index (χ0v) is 32.6. The summed E-state index contributed by atoms with van der Waals surface area (Å²) < 4.78 is 54.6. The Balaban J connectivity index is 1.13. The van der Waals surface area contributed by atoms with E-state index >= 15 is 0 Å². The van der Waals surface area contributed by atoms with Crippen LogP contribution >= 0.6 is 23.2 Å². The number of H-pyrrole nitrogens is 1. The summed E-state index contributed by atoms with van der Waals surface area (Å²) in [5.74, 6) is -0.964. The van der Waals surface area contributed by atoms with Crippen molar-refractivity contribution in [1.82, 2.24) is 10.2 Å². The van der Waals surface area contributed by atoms with Gasteiger partial charge in [-0.2, -0.15) is 8.78 Å². The van der Waals surface area contributed by atoms with Gasteiger partial charge in [0.1, 0.15) is 28.0 Å². The Labute approximate surface area is 338 Å². The molecule has 1 aromatic heterocycles. The zero-order chi connectivity index (χ0) is 40.1. The molecule has 11 nitrogen and oxygen atoms in total. The summed E-state index contributed by atoms with van der Waals surface area (Å²) in [6, 6.07) is 15.8. The first-order chi connectivity index (χ1) is 27.5. The number of ether oxygens (including phenoxy) is 5. The van der Waals surface area contributed by atoms with E-state index < -0.39 is 36.6 Å². The van der Waals surface area contributed by atoms with Crippen LogP contribution in [0.3, 0.4) is 0 Å². The summed E-state index contributed by atoms with van der Waals surface area (Å²) in [5.41, 5.74) is 1.48. The lowest BCUT2D eigenvalue weighted by Crippen LogP contribution is -2.52. The van der Waals surface area contributed by atoms with Gasteiger partial charge in [0, 0.05) is 24.1 Å². The van der Waals surface area contributed by atoms with E-state index in [-0.39, 0.29) is 51.1 Å². The molecule has 4 heterocycles. The Bertz CT molecular complexity index is 2060. The molecule has 3 aliphatic heterocycles. The number of nitrogens with zero attached hydrogens (tertiary/aromatic N) is 1. The molecule has 4 aliphatic rings. The van der Waals surface area contributed by atoms with Gasteiger partial charge in [-0.05, 0) is 104 Å². The fourth-order valence-corrected chi connectivity index (χ4v) is 7.68. The Hall–Kier alpha value is -4.98. The average Bonchev–Trinajstić information content (AvgIpc) is 4.05. The number of alkyl halides is 2. The minimum atomic E-state index is -3.09. The summed E-state index contributed by atoms with van der Waals surface area (Å²) >= 11 is 13.0. The van der Waals surface area contributed by atoms with E-state index in [2.05, 4.69) is 15.2 Å². The standard InChI is InChI=1S/C42H41Cl2F2N3O8/c1-53-30-10-7-26(8-11-30)38(41(52)56-37-22-49-15-13-25(37)14-16-49)48-39(50)28-3-2-4-29(17-28)40(51)55-35(19-31-32(43)20-47-21-33(31)44)27-9-12-34(57-42(45)46)36(18-27)54-23-24-5-6-24/h2-4,7-12,17-18,20-21,24-25,35,37-38,42H,5-6,13-16,19,22-23H2,1H3,(H,48,50)/p+1/t35-,37-,38?/m0/s1. The zero-order valence-electron chi connectivity index (χ0n) is 31.1. The molecule has 15 heteroatoms. The number of aromatic amines is 1. The summed E-state index contributed by atoms with van der Waals surface area (Å²) in [5, 5.41) is 3.38. The van der Waals surface area contributed by atoms with Crippen LogP contribution < -0.4 is 24.5 Å². The number of carbonyl (C=O) groups is 3. The highest BCUT2D eigenvalue weighted by Gasteiger charge is 2.38. The molecule has 3 aromatic carbocycles. The summed E-state index contributed by atoms with van der Waals surface area (Å²) in [6.07, 6.45) is 5.55. The molecule has 1 saturated carbocycles. The Kier molecular flexibility index (Phi) is 12.8. The number of hydrogen-bond donors (Lipinski definition) is 1. The van der Waals surface area contributed by atoms with E-state index in [0.29, 0.717) is 41.5 Å². The number of amides is 1. The van der Waals surface area contributed by atoms with Gasteiger partial charge in [-0.15, -0.1) is 0 Å². The van der Waals surface area contributed by atoms with E-state index in [9.17, 15) is 23.2 Å². The fourth-order valence-electron chi connectivity index (χ4n) is 7.14. The summed E-state index contributed by atoms with van der Waals surface area (Å²) in [6.45, 7) is -0.180. The lowest BCUT2D eigenvalue weighted by molar-refractivity contribution is -0.377. The van der Waals surface area contributed by atoms with Crippen LogP contribution in [0.15, 0.2) is 79.1 Å². The second kappa shape index (κ2) is 18.1. The number of fused-ring (bicyclic) bond motifs is 3. The highest BCUT2D eigenvalue weighted by molar-refractivity contribution is 6.35. The SMILES string of the molecule is COc1ccc(C(NC(=O)c2cccc(C(=O)O[C@@H](Cc3c(Cl)c[nH+]cc3Cl)c3ccc(OC(F)F)c(OCC4CC4)c3)c2)C(=O)O[C@H]2CN3CCC2CC3)cc1.